The van der Waals surface area contributed by atoms with Crippen molar-refractivity contribution in [3.63, 3.8) is 0 Å². The zero-order chi connectivity index (χ0) is 20.7. The van der Waals surface area contributed by atoms with Crippen LogP contribution in [0.15, 0.2) is 70.1 Å². The molecule has 154 valence electrons. The fourth-order valence-electron chi connectivity index (χ4n) is 3.00. The van der Waals surface area contributed by atoms with Crippen molar-refractivity contribution in [2.75, 3.05) is 33.0 Å². The smallest absolute Gasteiger partial charge is 0.179 e. The van der Waals surface area contributed by atoms with Crippen LogP contribution < -0.4 is 4.74 Å². The van der Waals surface area contributed by atoms with Gasteiger partial charge in [-0.2, -0.15) is 0 Å². The highest BCUT2D eigenvalue weighted by atomic mass is 32.2. The number of hydrogen-bond donors (Lipinski definition) is 0. The van der Waals surface area contributed by atoms with E-state index in [0.717, 1.165) is 36.4 Å². The van der Waals surface area contributed by atoms with Crippen LogP contribution in [0.4, 0.5) is 0 Å². The second kappa shape index (κ2) is 9.71. The van der Waals surface area contributed by atoms with Gasteiger partial charge in [0.15, 0.2) is 9.84 Å². The number of sulfone groups is 1. The Balaban J connectivity index is 1.45. The molecule has 0 N–H and O–H groups in total. The van der Waals surface area contributed by atoms with E-state index in [-0.39, 0.29) is 5.75 Å². The minimum atomic E-state index is -3.34. The van der Waals surface area contributed by atoms with Gasteiger partial charge in [0.1, 0.15) is 17.2 Å². The predicted octanol–water partition coefficient (Wildman–Crippen LogP) is 3.69. The number of methoxy groups -OCH3 is 1. The molecule has 7 heteroatoms. The Kier molecular flexibility index (Phi) is 7.06. The summed E-state index contributed by atoms with van der Waals surface area (Å²) in [5.74, 6) is 1.44. The summed E-state index contributed by atoms with van der Waals surface area (Å²) in [5, 5.41) is 4.12. The Hall–Kier alpha value is -2.64. The third kappa shape index (κ3) is 5.92. The number of ether oxygens (including phenoxy) is 1. The minimum Gasteiger partial charge on any atom is -0.497 e. The Labute approximate surface area is 172 Å². The van der Waals surface area contributed by atoms with Gasteiger partial charge in [0.25, 0.3) is 0 Å². The monoisotopic (exact) mass is 414 g/mol. The van der Waals surface area contributed by atoms with Crippen LogP contribution in [0, 0.1) is 0 Å². The third-order valence-electron chi connectivity index (χ3n) is 4.73. The number of aryl methyl sites for hydroxylation is 1. The number of rotatable bonds is 10. The van der Waals surface area contributed by atoms with Crippen molar-refractivity contribution < 1.29 is 17.7 Å². The van der Waals surface area contributed by atoms with Crippen LogP contribution in [-0.2, 0) is 16.3 Å². The van der Waals surface area contributed by atoms with Gasteiger partial charge in [0, 0.05) is 24.6 Å². The molecular weight excluding hydrogens is 388 g/mol. The zero-order valence-corrected chi connectivity index (χ0v) is 17.6. The van der Waals surface area contributed by atoms with Gasteiger partial charge in [-0.05, 0) is 38.2 Å². The molecule has 1 aromatic heterocycles. The van der Waals surface area contributed by atoms with Crippen LogP contribution in [0.1, 0.15) is 12.2 Å². The van der Waals surface area contributed by atoms with E-state index in [1.54, 1.807) is 24.3 Å². The van der Waals surface area contributed by atoms with Crippen molar-refractivity contribution in [3.05, 3.63) is 66.4 Å². The van der Waals surface area contributed by atoms with Gasteiger partial charge in [0.05, 0.1) is 17.8 Å². The fraction of sp³-hybridized carbons (Fsp3) is 0.318. The minimum absolute atomic E-state index is 0.0666. The fourth-order valence-corrected chi connectivity index (χ4v) is 4.37. The van der Waals surface area contributed by atoms with Gasteiger partial charge in [-0.15, -0.1) is 0 Å². The van der Waals surface area contributed by atoms with Crippen molar-refractivity contribution >= 4 is 9.84 Å². The lowest BCUT2D eigenvalue weighted by atomic mass is 10.1. The number of aromatic nitrogens is 1. The number of benzene rings is 2. The summed E-state index contributed by atoms with van der Waals surface area (Å²) in [7, 11) is 0.109. The molecule has 29 heavy (non-hydrogen) atoms. The zero-order valence-electron chi connectivity index (χ0n) is 16.7. The van der Waals surface area contributed by atoms with Gasteiger partial charge in [-0.3, -0.25) is 0 Å². The average molecular weight is 415 g/mol. The number of hydrogen-bond acceptors (Lipinski definition) is 6. The maximum absolute atomic E-state index is 12.5. The molecule has 2 aromatic carbocycles. The van der Waals surface area contributed by atoms with E-state index < -0.39 is 9.84 Å². The average Bonchev–Trinajstić information content (AvgIpc) is 3.22. The summed E-state index contributed by atoms with van der Waals surface area (Å²) in [4.78, 5) is 2.31. The summed E-state index contributed by atoms with van der Waals surface area (Å²) in [6.07, 6.45) is 1.62. The van der Waals surface area contributed by atoms with Crippen molar-refractivity contribution in [2.24, 2.45) is 0 Å². The summed E-state index contributed by atoms with van der Waals surface area (Å²) < 4.78 is 35.6. The quantitative estimate of drug-likeness (QED) is 0.504. The van der Waals surface area contributed by atoms with Gasteiger partial charge >= 0.3 is 0 Å². The van der Waals surface area contributed by atoms with Gasteiger partial charge in [-0.25, -0.2) is 8.42 Å². The normalized spacial score (nSPS) is 11.7. The summed E-state index contributed by atoms with van der Waals surface area (Å²) >= 11 is 0. The molecule has 3 aromatic rings. The van der Waals surface area contributed by atoms with Crippen molar-refractivity contribution in [1.29, 1.82) is 0 Å². The first kappa shape index (κ1) is 21.1. The highest BCUT2D eigenvalue weighted by Gasteiger charge is 2.16. The lowest BCUT2D eigenvalue weighted by molar-refractivity contribution is 0.332. The second-order valence-corrected chi connectivity index (χ2v) is 9.06. The van der Waals surface area contributed by atoms with Gasteiger partial charge < -0.3 is 14.2 Å². The molecular formula is C22H26N2O4S. The molecule has 0 saturated heterocycles. The standard InChI is InChI=1S/C22H26N2O4S/c1-24(14-15-29(25,26)21-12-6-10-19(16-21)27-2)13-7-11-20-17-22(23-28-20)18-8-4-3-5-9-18/h3-6,8-10,12,16-17H,7,11,13-15H2,1-2H3. The SMILES string of the molecule is COc1cccc(S(=O)(=O)CCN(C)CCCc2cc(-c3ccccc3)no2)c1. The van der Waals surface area contributed by atoms with E-state index in [0.29, 0.717) is 17.2 Å². The van der Waals surface area contributed by atoms with E-state index in [1.807, 2.05) is 48.3 Å². The lowest BCUT2D eigenvalue weighted by Crippen LogP contribution is -2.27. The van der Waals surface area contributed by atoms with E-state index in [1.165, 1.54) is 7.11 Å². The first-order valence-electron chi connectivity index (χ1n) is 9.54. The van der Waals surface area contributed by atoms with Crippen LogP contribution in [0.2, 0.25) is 0 Å². The van der Waals surface area contributed by atoms with Crippen LogP contribution in [-0.4, -0.2) is 51.5 Å². The lowest BCUT2D eigenvalue weighted by Gasteiger charge is -2.16. The van der Waals surface area contributed by atoms with Crippen LogP contribution in [0.5, 0.6) is 5.75 Å². The molecule has 0 radical (unpaired) electrons. The molecule has 6 nitrogen and oxygen atoms in total. The van der Waals surface area contributed by atoms with Gasteiger partial charge in [-0.1, -0.05) is 41.6 Å². The van der Waals surface area contributed by atoms with Crippen molar-refractivity contribution in [3.8, 4) is 17.0 Å². The topological polar surface area (TPSA) is 72.6 Å². The summed E-state index contributed by atoms with van der Waals surface area (Å²) in [6, 6.07) is 18.5. The largest absolute Gasteiger partial charge is 0.497 e. The van der Waals surface area contributed by atoms with Crippen LogP contribution >= 0.6 is 0 Å². The highest BCUT2D eigenvalue weighted by Crippen LogP contribution is 2.20. The first-order valence-corrected chi connectivity index (χ1v) is 11.2. The van der Waals surface area contributed by atoms with Gasteiger partial charge in [0.2, 0.25) is 0 Å². The Morgan fingerprint density at radius 1 is 1.03 bits per heavy atom. The van der Waals surface area contributed by atoms with Crippen molar-refractivity contribution in [1.82, 2.24) is 10.1 Å². The molecule has 0 bridgehead atoms. The van der Waals surface area contributed by atoms with E-state index in [4.69, 9.17) is 9.26 Å². The molecule has 0 unspecified atom stereocenters. The van der Waals surface area contributed by atoms with Crippen molar-refractivity contribution in [2.45, 2.75) is 17.7 Å². The molecule has 0 fully saturated rings. The molecule has 1 heterocycles. The molecule has 3 rings (SSSR count). The Morgan fingerprint density at radius 3 is 2.59 bits per heavy atom. The van der Waals surface area contributed by atoms with E-state index >= 15 is 0 Å². The maximum Gasteiger partial charge on any atom is 0.179 e. The van der Waals surface area contributed by atoms with Crippen LogP contribution in [0.25, 0.3) is 11.3 Å². The predicted molar refractivity (Wildman–Crippen MR) is 113 cm³/mol. The molecule has 0 spiro atoms. The molecule has 0 atom stereocenters. The molecule has 0 aliphatic carbocycles. The van der Waals surface area contributed by atoms with Crippen LogP contribution in [0.3, 0.4) is 0 Å². The van der Waals surface area contributed by atoms with E-state index in [9.17, 15) is 8.42 Å². The summed E-state index contributed by atoms with van der Waals surface area (Å²) in [5.41, 5.74) is 1.86. The summed E-state index contributed by atoms with van der Waals surface area (Å²) in [6.45, 7) is 1.24. The third-order valence-corrected chi connectivity index (χ3v) is 6.43. The first-order chi connectivity index (χ1) is 14.0. The second-order valence-electron chi connectivity index (χ2n) is 6.95. The molecule has 0 saturated carbocycles. The maximum atomic E-state index is 12.5. The Morgan fingerprint density at radius 2 is 1.83 bits per heavy atom. The van der Waals surface area contributed by atoms with E-state index in [2.05, 4.69) is 5.16 Å². The molecule has 0 amide bonds. The molecule has 0 aliphatic heterocycles. The number of nitrogens with zero attached hydrogens (tertiary/aromatic N) is 2. The Bertz CT molecular complexity index is 1020. The highest BCUT2D eigenvalue weighted by molar-refractivity contribution is 7.91. The molecule has 0 aliphatic rings.